The first kappa shape index (κ1) is 15.8. The van der Waals surface area contributed by atoms with E-state index in [1.54, 1.807) is 6.20 Å². The molecule has 1 aromatic rings. The number of ether oxygens (including phenoxy) is 1. The van der Waals surface area contributed by atoms with Gasteiger partial charge in [-0.25, -0.2) is 9.78 Å². The number of carbonyl (C=O) groups excluding carboxylic acids is 1. The van der Waals surface area contributed by atoms with Crippen LogP contribution < -0.4 is 10.1 Å². The lowest BCUT2D eigenvalue weighted by atomic mass is 9.92. The number of hydrogen-bond acceptors (Lipinski definition) is 4. The van der Waals surface area contributed by atoms with E-state index in [2.05, 4.69) is 15.2 Å². The summed E-state index contributed by atoms with van der Waals surface area (Å²) in [5.41, 5.74) is 0. The first-order chi connectivity index (χ1) is 10.7. The largest absolute Gasteiger partial charge is 0.381 e. The van der Waals surface area contributed by atoms with Crippen LogP contribution in [-0.4, -0.2) is 49.1 Å². The molecule has 2 heterocycles. The molecular weight excluding hydrogens is 297 g/mol. The highest BCUT2D eigenvalue weighted by atomic mass is 32.1. The van der Waals surface area contributed by atoms with Crippen molar-refractivity contribution in [2.75, 3.05) is 18.5 Å². The van der Waals surface area contributed by atoms with Gasteiger partial charge in [0, 0.05) is 31.5 Å². The molecule has 1 saturated heterocycles. The number of anilines is 1. The van der Waals surface area contributed by atoms with E-state index in [1.165, 1.54) is 30.6 Å². The Bertz CT molecular complexity index is 481. The second kappa shape index (κ2) is 7.46. The first-order valence-electron chi connectivity index (χ1n) is 8.33. The zero-order chi connectivity index (χ0) is 15.4. The Morgan fingerprint density at radius 2 is 1.91 bits per heavy atom. The van der Waals surface area contributed by atoms with Crippen molar-refractivity contribution < 1.29 is 9.53 Å². The maximum Gasteiger partial charge on any atom is 0.324 e. The maximum atomic E-state index is 12.9. The molecule has 1 saturated carbocycles. The molecule has 0 atom stereocenters. The molecule has 0 aromatic carbocycles. The van der Waals surface area contributed by atoms with Crippen molar-refractivity contribution in [2.45, 2.75) is 57.0 Å². The normalized spacial score (nSPS) is 20.7. The van der Waals surface area contributed by atoms with Crippen molar-refractivity contribution in [3.63, 3.8) is 0 Å². The molecule has 1 aliphatic carbocycles. The molecule has 1 aromatic heterocycles. The molecule has 3 rings (SSSR count). The predicted molar refractivity (Wildman–Crippen MR) is 91.9 cm³/mol. The highest BCUT2D eigenvalue weighted by Crippen LogP contribution is 2.28. The minimum absolute atomic E-state index is 0.0214. The van der Waals surface area contributed by atoms with Crippen molar-refractivity contribution in [1.29, 1.82) is 0 Å². The Kier molecular flexibility index (Phi) is 5.36. The summed E-state index contributed by atoms with van der Waals surface area (Å²) in [5.74, 6) is 0. The highest BCUT2D eigenvalue weighted by molar-refractivity contribution is 7.23. The Hall–Kier alpha value is -1.08. The van der Waals surface area contributed by atoms with Crippen LogP contribution in [0.25, 0.3) is 0 Å². The number of hydrogen-bond donors (Lipinski definition) is 1. The average molecular weight is 321 g/mol. The van der Waals surface area contributed by atoms with Gasteiger partial charge in [-0.05, 0) is 30.5 Å². The summed E-state index contributed by atoms with van der Waals surface area (Å²) in [6, 6.07) is 0.698. The molecule has 120 valence electrons. The summed E-state index contributed by atoms with van der Waals surface area (Å²) in [5, 5.41) is 3.72. The number of thiazole rings is 1. The van der Waals surface area contributed by atoms with Crippen LogP contribution in [0.3, 0.4) is 0 Å². The summed E-state index contributed by atoms with van der Waals surface area (Å²) < 4.78 is 6.59. The Morgan fingerprint density at radius 1 is 1.23 bits per heavy atom. The Balaban J connectivity index is 1.72. The van der Waals surface area contributed by atoms with Crippen LogP contribution >= 0.6 is 11.3 Å². The fraction of sp³-hybridized carbons (Fsp3) is 0.733. The molecule has 1 aliphatic heterocycles. The van der Waals surface area contributed by atoms with Crippen molar-refractivity contribution >= 4 is 35.1 Å². The molecule has 2 amide bonds. The lowest BCUT2D eigenvalue weighted by molar-refractivity contribution is 0.0302. The molecule has 0 spiro atoms. The quantitative estimate of drug-likeness (QED) is 0.863. The van der Waals surface area contributed by atoms with Gasteiger partial charge in [-0.1, -0.05) is 19.3 Å². The fourth-order valence-corrected chi connectivity index (χ4v) is 4.17. The number of nitrogens with zero attached hydrogens (tertiary/aromatic N) is 2. The van der Waals surface area contributed by atoms with E-state index in [9.17, 15) is 4.79 Å². The molecule has 22 heavy (non-hydrogen) atoms. The molecule has 0 unspecified atom stereocenters. The summed E-state index contributed by atoms with van der Waals surface area (Å²) in [6.45, 7) is 1.52. The van der Waals surface area contributed by atoms with Crippen LogP contribution in [0.15, 0.2) is 6.20 Å². The van der Waals surface area contributed by atoms with Gasteiger partial charge in [0.2, 0.25) is 0 Å². The van der Waals surface area contributed by atoms with E-state index in [1.807, 2.05) is 7.85 Å². The topological polar surface area (TPSA) is 54.5 Å². The molecule has 0 radical (unpaired) electrons. The zero-order valence-corrected chi connectivity index (χ0v) is 14.0. The van der Waals surface area contributed by atoms with E-state index in [-0.39, 0.29) is 6.03 Å². The number of nitrogens with one attached hydrogen (secondary N) is 1. The fourth-order valence-electron chi connectivity index (χ4n) is 3.52. The van der Waals surface area contributed by atoms with Gasteiger partial charge in [-0.2, -0.15) is 0 Å². The van der Waals surface area contributed by atoms with Gasteiger partial charge < -0.3 is 9.64 Å². The molecule has 5 nitrogen and oxygen atoms in total. The van der Waals surface area contributed by atoms with Crippen LogP contribution in [0.2, 0.25) is 0 Å². The third-order valence-corrected chi connectivity index (χ3v) is 5.45. The number of urea groups is 1. The molecule has 7 heteroatoms. The van der Waals surface area contributed by atoms with E-state index < -0.39 is 0 Å². The third-order valence-electron chi connectivity index (χ3n) is 4.62. The van der Waals surface area contributed by atoms with Crippen LogP contribution in [0.5, 0.6) is 0 Å². The SMILES string of the molecule is Bc1cnc(NC(=O)N(C2CCCCC2)C2CCOCC2)s1. The number of rotatable bonds is 3. The highest BCUT2D eigenvalue weighted by Gasteiger charge is 2.33. The van der Waals surface area contributed by atoms with Gasteiger partial charge in [-0.15, -0.1) is 11.3 Å². The predicted octanol–water partition coefficient (Wildman–Crippen LogP) is 1.75. The van der Waals surface area contributed by atoms with E-state index >= 15 is 0 Å². The van der Waals surface area contributed by atoms with E-state index in [0.717, 1.165) is 43.7 Å². The standard InChI is InChI=1S/C15H24BN3O2S/c16-13-10-17-14(22-13)18-15(20)19(11-4-2-1-3-5-11)12-6-8-21-9-7-12/h10-12H,1-9,16H2,(H,17,18,20). The van der Waals surface area contributed by atoms with Gasteiger partial charge in [0.25, 0.3) is 0 Å². The zero-order valence-electron chi connectivity index (χ0n) is 13.2. The van der Waals surface area contributed by atoms with E-state index in [0.29, 0.717) is 17.2 Å². The Morgan fingerprint density at radius 3 is 2.55 bits per heavy atom. The van der Waals surface area contributed by atoms with Crippen LogP contribution in [-0.2, 0) is 4.74 Å². The monoisotopic (exact) mass is 321 g/mol. The summed E-state index contributed by atoms with van der Waals surface area (Å²) in [6.07, 6.45) is 9.71. The van der Waals surface area contributed by atoms with Crippen molar-refractivity contribution in [3.05, 3.63) is 6.20 Å². The van der Waals surface area contributed by atoms with Gasteiger partial charge in [0.05, 0.1) is 0 Å². The number of amides is 2. The van der Waals surface area contributed by atoms with Gasteiger partial charge >= 0.3 is 6.03 Å². The van der Waals surface area contributed by atoms with Gasteiger partial charge in [0.1, 0.15) is 0 Å². The molecular formula is C15H24BN3O2S. The summed E-state index contributed by atoms with van der Waals surface area (Å²) >= 11 is 1.53. The van der Waals surface area contributed by atoms with Gasteiger partial charge in [0.15, 0.2) is 13.0 Å². The Labute approximate surface area is 136 Å². The second-order valence-electron chi connectivity index (χ2n) is 6.25. The van der Waals surface area contributed by atoms with E-state index in [4.69, 9.17) is 4.74 Å². The lowest BCUT2D eigenvalue weighted by Crippen LogP contribution is -2.51. The smallest absolute Gasteiger partial charge is 0.324 e. The minimum Gasteiger partial charge on any atom is -0.381 e. The lowest BCUT2D eigenvalue weighted by Gasteiger charge is -2.41. The second-order valence-corrected chi connectivity index (χ2v) is 7.48. The third kappa shape index (κ3) is 3.81. The van der Waals surface area contributed by atoms with Crippen LogP contribution in [0.1, 0.15) is 44.9 Å². The van der Waals surface area contributed by atoms with Crippen molar-refractivity contribution in [2.24, 2.45) is 0 Å². The molecule has 2 aliphatic rings. The number of carbonyl (C=O) groups is 1. The van der Waals surface area contributed by atoms with Crippen molar-refractivity contribution in [3.8, 4) is 0 Å². The molecule has 2 fully saturated rings. The minimum atomic E-state index is 0.0214. The van der Waals surface area contributed by atoms with Crippen LogP contribution in [0, 0.1) is 0 Å². The average Bonchev–Trinajstić information content (AvgIpc) is 2.95. The summed E-state index contributed by atoms with van der Waals surface area (Å²) in [4.78, 5) is 19.2. The summed E-state index contributed by atoms with van der Waals surface area (Å²) in [7, 11) is 2.00. The molecule has 0 bridgehead atoms. The maximum absolute atomic E-state index is 12.9. The van der Waals surface area contributed by atoms with Crippen molar-refractivity contribution in [1.82, 2.24) is 9.88 Å². The van der Waals surface area contributed by atoms with Crippen LogP contribution in [0.4, 0.5) is 9.93 Å². The first-order valence-corrected chi connectivity index (χ1v) is 9.15. The van der Waals surface area contributed by atoms with Gasteiger partial charge in [-0.3, -0.25) is 5.32 Å². The molecule has 1 N–H and O–H groups in total. The number of aromatic nitrogens is 1.